The molecule has 10 heavy (non-hydrogen) atoms. The molecule has 0 fully saturated rings. The molecule has 1 aromatic heterocycles. The minimum Gasteiger partial charge on any atom is -0.506 e. The van der Waals surface area contributed by atoms with E-state index in [-0.39, 0.29) is 5.75 Å². The topological polar surface area (TPSA) is 33.1 Å². The first-order chi connectivity index (χ1) is 4.72. The molecule has 2 nitrogen and oxygen atoms in total. The lowest BCUT2D eigenvalue weighted by molar-refractivity contribution is 0.470. The van der Waals surface area contributed by atoms with E-state index in [1.54, 1.807) is 18.3 Å². The number of aromatic nitrogens is 1. The first-order valence-electron chi connectivity index (χ1n) is 3.01. The van der Waals surface area contributed by atoms with Gasteiger partial charge in [0.05, 0.1) is 0 Å². The first kappa shape index (κ1) is 6.81. The molecule has 1 N–H and O–H groups in total. The van der Waals surface area contributed by atoms with Crippen LogP contribution in [0.15, 0.2) is 24.9 Å². The molecule has 0 aliphatic rings. The van der Waals surface area contributed by atoms with E-state index in [1.807, 2.05) is 6.92 Å². The molecule has 1 rings (SSSR count). The van der Waals surface area contributed by atoms with Crippen LogP contribution in [0, 0.1) is 0 Å². The fraction of sp³-hybridized carbons (Fsp3) is 0.125. The Balaban J connectivity index is 3.15. The normalized spacial score (nSPS) is 9.30. The summed E-state index contributed by atoms with van der Waals surface area (Å²) >= 11 is 0. The van der Waals surface area contributed by atoms with Crippen molar-refractivity contribution in [3.05, 3.63) is 30.6 Å². The van der Waals surface area contributed by atoms with Crippen LogP contribution in [0.4, 0.5) is 0 Å². The summed E-state index contributed by atoms with van der Waals surface area (Å²) in [7, 11) is 0. The van der Waals surface area contributed by atoms with Crippen molar-refractivity contribution in [3.63, 3.8) is 0 Å². The van der Waals surface area contributed by atoms with Crippen LogP contribution in [0.5, 0.6) is 5.75 Å². The van der Waals surface area contributed by atoms with Crippen LogP contribution < -0.4 is 0 Å². The number of hydrogen-bond donors (Lipinski definition) is 1. The van der Waals surface area contributed by atoms with Gasteiger partial charge in [-0.3, -0.25) is 4.98 Å². The fourth-order valence-corrected chi connectivity index (χ4v) is 0.726. The summed E-state index contributed by atoms with van der Waals surface area (Å²) in [5, 5.41) is 9.16. The molecule has 0 unspecified atom stereocenters. The first-order valence-corrected chi connectivity index (χ1v) is 3.01. The van der Waals surface area contributed by atoms with Gasteiger partial charge in [-0.25, -0.2) is 0 Å². The van der Waals surface area contributed by atoms with Crippen LogP contribution in [-0.2, 0) is 0 Å². The molecule has 0 radical (unpaired) electrons. The summed E-state index contributed by atoms with van der Waals surface area (Å²) in [6, 6.07) is 3.28. The fourth-order valence-electron chi connectivity index (χ4n) is 0.726. The molecule has 52 valence electrons. The van der Waals surface area contributed by atoms with Crippen LogP contribution in [0.1, 0.15) is 12.6 Å². The highest BCUT2D eigenvalue weighted by Crippen LogP contribution is 2.19. The molecular formula is C8H9NO. The molecular weight excluding hydrogens is 126 g/mol. The number of allylic oxidation sites excluding steroid dienone is 1. The van der Waals surface area contributed by atoms with Gasteiger partial charge in [0, 0.05) is 6.20 Å². The third kappa shape index (κ3) is 1.16. The Labute approximate surface area is 59.9 Å². The van der Waals surface area contributed by atoms with Gasteiger partial charge in [-0.2, -0.15) is 0 Å². The zero-order valence-corrected chi connectivity index (χ0v) is 5.83. The van der Waals surface area contributed by atoms with Gasteiger partial charge in [0.25, 0.3) is 0 Å². The Bertz CT molecular complexity index is 255. The lowest BCUT2D eigenvalue weighted by Crippen LogP contribution is -1.83. The highest BCUT2D eigenvalue weighted by atomic mass is 16.3. The quantitative estimate of drug-likeness (QED) is 0.637. The number of hydrogen-bond acceptors (Lipinski definition) is 2. The molecule has 1 aromatic rings. The maximum atomic E-state index is 9.16. The van der Waals surface area contributed by atoms with Gasteiger partial charge in [0.2, 0.25) is 0 Å². The van der Waals surface area contributed by atoms with Crippen LogP contribution in [0.3, 0.4) is 0 Å². The van der Waals surface area contributed by atoms with Crippen molar-refractivity contribution < 1.29 is 5.11 Å². The largest absolute Gasteiger partial charge is 0.506 e. The smallest absolute Gasteiger partial charge is 0.141 e. The van der Waals surface area contributed by atoms with Gasteiger partial charge in [-0.1, -0.05) is 6.58 Å². The van der Waals surface area contributed by atoms with Crippen molar-refractivity contribution in [1.82, 2.24) is 4.98 Å². The van der Waals surface area contributed by atoms with E-state index in [2.05, 4.69) is 11.6 Å². The average molecular weight is 135 g/mol. The maximum absolute atomic E-state index is 9.16. The van der Waals surface area contributed by atoms with Gasteiger partial charge >= 0.3 is 0 Å². The van der Waals surface area contributed by atoms with Crippen molar-refractivity contribution in [3.8, 4) is 5.75 Å². The molecule has 0 saturated heterocycles. The van der Waals surface area contributed by atoms with Crippen LogP contribution in [0.25, 0.3) is 5.57 Å². The summed E-state index contributed by atoms with van der Waals surface area (Å²) in [6.07, 6.45) is 1.63. The van der Waals surface area contributed by atoms with Crippen LogP contribution >= 0.6 is 0 Å². The number of pyridine rings is 1. The third-order valence-corrected chi connectivity index (χ3v) is 1.19. The molecule has 0 aliphatic heterocycles. The van der Waals surface area contributed by atoms with E-state index in [1.165, 1.54) is 0 Å². The number of rotatable bonds is 1. The second-order valence-corrected chi connectivity index (χ2v) is 2.15. The van der Waals surface area contributed by atoms with Gasteiger partial charge in [0.15, 0.2) is 0 Å². The monoisotopic (exact) mass is 135 g/mol. The van der Waals surface area contributed by atoms with E-state index in [0.717, 1.165) is 5.57 Å². The Morgan fingerprint density at radius 3 is 2.80 bits per heavy atom. The highest BCUT2D eigenvalue weighted by Gasteiger charge is 1.99. The second kappa shape index (κ2) is 2.52. The molecule has 0 spiro atoms. The highest BCUT2D eigenvalue weighted by molar-refractivity contribution is 5.62. The van der Waals surface area contributed by atoms with E-state index in [4.69, 9.17) is 5.11 Å². The minimum atomic E-state index is 0.190. The van der Waals surface area contributed by atoms with Crippen molar-refractivity contribution in [1.29, 1.82) is 0 Å². The molecule has 2 heteroatoms. The summed E-state index contributed by atoms with van der Waals surface area (Å²) in [4.78, 5) is 3.93. The second-order valence-electron chi connectivity index (χ2n) is 2.15. The standard InChI is InChI=1S/C8H9NO/c1-6(2)8-7(10)4-3-5-9-8/h3-5,10H,1H2,2H3. The van der Waals surface area contributed by atoms with Crippen molar-refractivity contribution in [2.45, 2.75) is 6.92 Å². The summed E-state index contributed by atoms with van der Waals surface area (Å²) in [6.45, 7) is 5.47. The number of nitrogens with zero attached hydrogens (tertiary/aromatic N) is 1. The molecule has 0 aliphatic carbocycles. The third-order valence-electron chi connectivity index (χ3n) is 1.19. The Morgan fingerprint density at radius 2 is 2.40 bits per heavy atom. The molecule has 0 amide bonds. The van der Waals surface area contributed by atoms with Gasteiger partial charge in [-0.15, -0.1) is 0 Å². The maximum Gasteiger partial charge on any atom is 0.141 e. The average Bonchev–Trinajstić information content (AvgIpc) is 1.88. The van der Waals surface area contributed by atoms with E-state index in [0.29, 0.717) is 5.69 Å². The predicted octanol–water partition coefficient (Wildman–Crippen LogP) is 1.82. The zero-order valence-electron chi connectivity index (χ0n) is 5.83. The van der Waals surface area contributed by atoms with E-state index < -0.39 is 0 Å². The molecule has 1 heterocycles. The SMILES string of the molecule is C=C(C)c1ncccc1O. The minimum absolute atomic E-state index is 0.190. The van der Waals surface area contributed by atoms with Crippen LogP contribution in [-0.4, -0.2) is 10.1 Å². The van der Waals surface area contributed by atoms with Crippen molar-refractivity contribution in [2.75, 3.05) is 0 Å². The van der Waals surface area contributed by atoms with Crippen molar-refractivity contribution in [2.24, 2.45) is 0 Å². The Hall–Kier alpha value is -1.31. The molecule has 0 aromatic carbocycles. The molecule has 0 saturated carbocycles. The Morgan fingerprint density at radius 1 is 1.70 bits per heavy atom. The van der Waals surface area contributed by atoms with Crippen LogP contribution in [0.2, 0.25) is 0 Å². The summed E-state index contributed by atoms with van der Waals surface area (Å²) in [5.41, 5.74) is 1.35. The molecule has 0 bridgehead atoms. The lowest BCUT2D eigenvalue weighted by atomic mass is 10.2. The predicted molar refractivity (Wildman–Crippen MR) is 40.6 cm³/mol. The Kier molecular flexibility index (Phi) is 1.71. The molecule has 0 atom stereocenters. The summed E-state index contributed by atoms with van der Waals surface area (Å²) in [5.74, 6) is 0.190. The number of aromatic hydroxyl groups is 1. The van der Waals surface area contributed by atoms with Gasteiger partial charge in [-0.05, 0) is 24.6 Å². The van der Waals surface area contributed by atoms with Gasteiger partial charge in [0.1, 0.15) is 11.4 Å². The lowest BCUT2D eigenvalue weighted by Gasteiger charge is -1.99. The summed E-state index contributed by atoms with van der Waals surface area (Å²) < 4.78 is 0. The van der Waals surface area contributed by atoms with E-state index >= 15 is 0 Å². The zero-order chi connectivity index (χ0) is 7.56. The van der Waals surface area contributed by atoms with Gasteiger partial charge < -0.3 is 5.11 Å². The van der Waals surface area contributed by atoms with E-state index in [9.17, 15) is 0 Å². The van der Waals surface area contributed by atoms with Crippen molar-refractivity contribution >= 4 is 5.57 Å².